The van der Waals surface area contributed by atoms with Crippen LogP contribution in [0.5, 0.6) is 5.75 Å². The van der Waals surface area contributed by atoms with Crippen molar-refractivity contribution in [3.05, 3.63) is 41.9 Å². The Morgan fingerprint density at radius 3 is 2.68 bits per heavy atom. The quantitative estimate of drug-likeness (QED) is 0.615. The van der Waals surface area contributed by atoms with E-state index in [-0.39, 0.29) is 5.75 Å². The second-order valence-corrected chi connectivity index (χ2v) is 6.38. The number of benzene rings is 1. The Morgan fingerprint density at radius 2 is 1.92 bits per heavy atom. The van der Waals surface area contributed by atoms with Gasteiger partial charge in [0, 0.05) is 12.2 Å². The number of aryl methyl sites for hydroxylation is 2. The van der Waals surface area contributed by atoms with Crippen molar-refractivity contribution in [1.82, 2.24) is 24.1 Å². The van der Waals surface area contributed by atoms with Gasteiger partial charge in [0.15, 0.2) is 11.5 Å². The number of phenolic OH excluding ortho intramolecular Hbond substituents is 1. The van der Waals surface area contributed by atoms with Crippen LogP contribution in [0.1, 0.15) is 31.0 Å². The normalized spacial score (nSPS) is 11.6. The number of aromatic hydroxyl groups is 1. The van der Waals surface area contributed by atoms with Gasteiger partial charge in [-0.05, 0) is 38.0 Å². The van der Waals surface area contributed by atoms with Crippen LogP contribution in [0.2, 0.25) is 0 Å². The summed E-state index contributed by atoms with van der Waals surface area (Å²) < 4.78 is 3.96. The lowest BCUT2D eigenvalue weighted by molar-refractivity contribution is 0.477. The number of hydrogen-bond donors (Lipinski definition) is 1. The maximum Gasteiger partial charge on any atom is 0.185 e. The predicted molar refractivity (Wildman–Crippen MR) is 97.8 cm³/mol. The summed E-state index contributed by atoms with van der Waals surface area (Å²) in [4.78, 5) is 9.34. The number of rotatable bonds is 4. The van der Waals surface area contributed by atoms with Gasteiger partial charge in [0.05, 0.1) is 10.9 Å². The molecule has 0 unspecified atom stereocenters. The molecule has 128 valence electrons. The van der Waals surface area contributed by atoms with Crippen LogP contribution in [0, 0.1) is 13.8 Å². The van der Waals surface area contributed by atoms with Crippen molar-refractivity contribution >= 4 is 16.7 Å². The molecule has 0 amide bonds. The molecule has 0 fully saturated rings. The molecule has 0 atom stereocenters. The maximum atomic E-state index is 10.1. The van der Waals surface area contributed by atoms with Crippen molar-refractivity contribution in [3.63, 3.8) is 0 Å². The molecular formula is C19H21N5O. The van der Waals surface area contributed by atoms with E-state index in [1.165, 1.54) is 11.3 Å². The molecule has 0 saturated carbocycles. The molecule has 0 aliphatic rings. The van der Waals surface area contributed by atoms with Crippen LogP contribution in [0.15, 0.2) is 30.6 Å². The van der Waals surface area contributed by atoms with Crippen molar-refractivity contribution in [1.29, 1.82) is 0 Å². The highest BCUT2D eigenvalue weighted by atomic mass is 16.3. The van der Waals surface area contributed by atoms with Gasteiger partial charge in [-0.25, -0.2) is 14.5 Å². The predicted octanol–water partition coefficient (Wildman–Crippen LogP) is 3.87. The monoisotopic (exact) mass is 335 g/mol. The maximum absolute atomic E-state index is 10.1. The van der Waals surface area contributed by atoms with Crippen molar-refractivity contribution in [3.8, 4) is 17.1 Å². The van der Waals surface area contributed by atoms with Gasteiger partial charge in [-0.1, -0.05) is 25.5 Å². The van der Waals surface area contributed by atoms with Gasteiger partial charge < -0.3 is 9.67 Å². The van der Waals surface area contributed by atoms with Crippen LogP contribution in [0.4, 0.5) is 0 Å². The average Bonchev–Trinajstić information content (AvgIpc) is 3.14. The first-order valence-corrected chi connectivity index (χ1v) is 8.61. The third kappa shape index (κ3) is 2.36. The molecule has 4 rings (SSSR count). The SMILES string of the molecule is CCCCn1c(C)c(C)c2c1ncn1nc(-c3ccccc3O)nc21. The second-order valence-electron chi connectivity index (χ2n) is 6.38. The third-order valence-electron chi connectivity index (χ3n) is 4.83. The molecule has 0 saturated heterocycles. The lowest BCUT2D eigenvalue weighted by Gasteiger charge is -2.06. The minimum atomic E-state index is 0.177. The van der Waals surface area contributed by atoms with E-state index in [1.807, 2.05) is 12.1 Å². The summed E-state index contributed by atoms with van der Waals surface area (Å²) in [5, 5.41) is 15.6. The molecule has 0 radical (unpaired) electrons. The minimum Gasteiger partial charge on any atom is -0.507 e. The highest BCUT2D eigenvalue weighted by Gasteiger charge is 2.18. The smallest absolute Gasteiger partial charge is 0.185 e. The van der Waals surface area contributed by atoms with Crippen molar-refractivity contribution in [2.45, 2.75) is 40.2 Å². The summed E-state index contributed by atoms with van der Waals surface area (Å²) in [5.41, 5.74) is 4.75. The highest BCUT2D eigenvalue weighted by Crippen LogP contribution is 2.30. The number of aromatic nitrogens is 5. The Bertz CT molecular complexity index is 1080. The number of nitrogens with zero attached hydrogens (tertiary/aromatic N) is 5. The lowest BCUT2D eigenvalue weighted by atomic mass is 10.2. The van der Waals surface area contributed by atoms with Gasteiger partial charge in [-0.2, -0.15) is 0 Å². The first kappa shape index (κ1) is 15.6. The van der Waals surface area contributed by atoms with Gasteiger partial charge >= 0.3 is 0 Å². The van der Waals surface area contributed by atoms with E-state index in [0.29, 0.717) is 11.4 Å². The van der Waals surface area contributed by atoms with Gasteiger partial charge in [-0.15, -0.1) is 5.10 Å². The standard InChI is InChI=1S/C19H21N5O/c1-4-5-10-23-13(3)12(2)16-18(23)20-11-24-19(16)21-17(22-24)14-8-6-7-9-15(14)25/h6-9,11,25H,4-5,10H2,1-3H3. The van der Waals surface area contributed by atoms with E-state index < -0.39 is 0 Å². The summed E-state index contributed by atoms with van der Waals surface area (Å²) in [5.74, 6) is 0.682. The van der Waals surface area contributed by atoms with E-state index in [4.69, 9.17) is 4.98 Å². The molecule has 6 nitrogen and oxygen atoms in total. The van der Waals surface area contributed by atoms with E-state index in [9.17, 15) is 5.11 Å². The van der Waals surface area contributed by atoms with E-state index in [2.05, 4.69) is 35.4 Å². The van der Waals surface area contributed by atoms with E-state index in [0.717, 1.165) is 36.1 Å². The Hall–Kier alpha value is -2.89. The fraction of sp³-hybridized carbons (Fsp3) is 0.316. The van der Waals surface area contributed by atoms with Crippen molar-refractivity contribution in [2.75, 3.05) is 0 Å². The fourth-order valence-corrected chi connectivity index (χ4v) is 3.30. The van der Waals surface area contributed by atoms with Crippen LogP contribution < -0.4 is 0 Å². The Labute approximate surface area is 145 Å². The van der Waals surface area contributed by atoms with Crippen LogP contribution in [-0.2, 0) is 6.54 Å². The highest BCUT2D eigenvalue weighted by molar-refractivity contribution is 5.94. The molecule has 1 N–H and O–H groups in total. The van der Waals surface area contributed by atoms with Gasteiger partial charge in [0.1, 0.15) is 17.7 Å². The molecular weight excluding hydrogens is 314 g/mol. The zero-order valence-electron chi connectivity index (χ0n) is 14.7. The summed E-state index contributed by atoms with van der Waals surface area (Å²) in [6.07, 6.45) is 3.96. The van der Waals surface area contributed by atoms with Crippen LogP contribution >= 0.6 is 0 Å². The molecule has 6 heteroatoms. The number of phenols is 1. The van der Waals surface area contributed by atoms with Crippen LogP contribution in [-0.4, -0.2) is 29.3 Å². The molecule has 0 spiro atoms. The molecule has 25 heavy (non-hydrogen) atoms. The Morgan fingerprint density at radius 1 is 1.12 bits per heavy atom. The largest absolute Gasteiger partial charge is 0.507 e. The van der Waals surface area contributed by atoms with Gasteiger partial charge in [0.2, 0.25) is 0 Å². The van der Waals surface area contributed by atoms with Crippen molar-refractivity contribution < 1.29 is 5.11 Å². The topological polar surface area (TPSA) is 68.2 Å². The third-order valence-corrected chi connectivity index (χ3v) is 4.83. The average molecular weight is 335 g/mol. The van der Waals surface area contributed by atoms with Gasteiger partial charge in [-0.3, -0.25) is 0 Å². The summed E-state index contributed by atoms with van der Waals surface area (Å²) in [7, 11) is 0. The summed E-state index contributed by atoms with van der Waals surface area (Å²) >= 11 is 0. The summed E-state index contributed by atoms with van der Waals surface area (Å²) in [6, 6.07) is 7.12. The number of para-hydroxylation sites is 1. The molecule has 1 aromatic carbocycles. The molecule has 0 bridgehead atoms. The van der Waals surface area contributed by atoms with Crippen molar-refractivity contribution in [2.24, 2.45) is 0 Å². The van der Waals surface area contributed by atoms with Gasteiger partial charge in [0.25, 0.3) is 0 Å². The van der Waals surface area contributed by atoms with E-state index >= 15 is 0 Å². The zero-order valence-corrected chi connectivity index (χ0v) is 14.7. The lowest BCUT2D eigenvalue weighted by Crippen LogP contribution is -2.01. The second kappa shape index (κ2) is 5.88. The first-order chi connectivity index (χ1) is 12.1. The molecule has 3 heterocycles. The Balaban J connectivity index is 1.97. The molecule has 3 aromatic heterocycles. The number of hydrogen-bond acceptors (Lipinski definition) is 4. The molecule has 4 aromatic rings. The zero-order chi connectivity index (χ0) is 17.6. The molecule has 0 aliphatic heterocycles. The summed E-state index contributed by atoms with van der Waals surface area (Å²) in [6.45, 7) is 7.38. The fourth-order valence-electron chi connectivity index (χ4n) is 3.30. The van der Waals surface area contributed by atoms with E-state index in [1.54, 1.807) is 23.0 Å². The minimum absolute atomic E-state index is 0.177. The van der Waals surface area contributed by atoms with Crippen LogP contribution in [0.3, 0.4) is 0 Å². The van der Waals surface area contributed by atoms with Crippen LogP contribution in [0.25, 0.3) is 28.1 Å². The number of fused-ring (bicyclic) bond motifs is 3. The Kier molecular flexibility index (Phi) is 3.67. The number of unbranched alkanes of at least 4 members (excludes halogenated alkanes) is 1. The first-order valence-electron chi connectivity index (χ1n) is 8.61. The molecule has 0 aliphatic carbocycles.